The second-order valence-electron chi connectivity index (χ2n) is 4.92. The fraction of sp³-hybridized carbons (Fsp3) is 1.00. The van der Waals surface area contributed by atoms with Crippen molar-refractivity contribution in [2.45, 2.75) is 65.3 Å². The fourth-order valence-electron chi connectivity index (χ4n) is 2.55. The third-order valence-corrected chi connectivity index (χ3v) is 3.99. The van der Waals surface area contributed by atoms with E-state index in [0.717, 1.165) is 17.9 Å². The van der Waals surface area contributed by atoms with Gasteiger partial charge in [0, 0.05) is 6.04 Å². The first-order valence-corrected chi connectivity index (χ1v) is 6.51. The van der Waals surface area contributed by atoms with Crippen LogP contribution in [-0.4, -0.2) is 12.6 Å². The topological polar surface area (TPSA) is 12.0 Å². The highest BCUT2D eigenvalue weighted by atomic mass is 14.9. The summed E-state index contributed by atoms with van der Waals surface area (Å²) in [6, 6.07) is 0.748. The van der Waals surface area contributed by atoms with Gasteiger partial charge in [-0.15, -0.1) is 0 Å². The molecule has 84 valence electrons. The summed E-state index contributed by atoms with van der Waals surface area (Å²) < 4.78 is 0. The van der Waals surface area contributed by atoms with E-state index in [-0.39, 0.29) is 0 Å². The Hall–Kier alpha value is -0.0400. The van der Waals surface area contributed by atoms with Crippen molar-refractivity contribution in [3.05, 3.63) is 0 Å². The molecule has 0 aliphatic heterocycles. The molecule has 1 unspecified atom stereocenters. The lowest BCUT2D eigenvalue weighted by Gasteiger charge is -2.23. The van der Waals surface area contributed by atoms with Crippen molar-refractivity contribution < 1.29 is 0 Å². The molecule has 0 amide bonds. The van der Waals surface area contributed by atoms with Crippen molar-refractivity contribution >= 4 is 0 Å². The zero-order valence-corrected chi connectivity index (χ0v) is 10.2. The van der Waals surface area contributed by atoms with E-state index < -0.39 is 0 Å². The van der Waals surface area contributed by atoms with Crippen molar-refractivity contribution in [3.63, 3.8) is 0 Å². The second kappa shape index (κ2) is 6.44. The first-order valence-electron chi connectivity index (χ1n) is 6.51. The lowest BCUT2D eigenvalue weighted by Crippen LogP contribution is -2.35. The van der Waals surface area contributed by atoms with Gasteiger partial charge in [0.25, 0.3) is 0 Å². The van der Waals surface area contributed by atoms with Crippen LogP contribution in [-0.2, 0) is 0 Å². The molecule has 1 N–H and O–H groups in total. The number of rotatable bonds is 6. The summed E-state index contributed by atoms with van der Waals surface area (Å²) in [6.45, 7) is 8.20. The monoisotopic (exact) mass is 197 g/mol. The lowest BCUT2D eigenvalue weighted by atomic mass is 9.98. The first kappa shape index (κ1) is 12.0. The summed E-state index contributed by atoms with van der Waals surface area (Å²) in [4.78, 5) is 0. The van der Waals surface area contributed by atoms with Crippen LogP contribution in [0.25, 0.3) is 0 Å². The minimum absolute atomic E-state index is 0.748. The van der Waals surface area contributed by atoms with E-state index in [2.05, 4.69) is 26.1 Å². The Morgan fingerprint density at radius 2 is 1.71 bits per heavy atom. The molecule has 1 aliphatic rings. The summed E-state index contributed by atoms with van der Waals surface area (Å²) in [6.07, 6.45) is 8.47. The molecular weight excluding hydrogens is 170 g/mol. The van der Waals surface area contributed by atoms with E-state index in [1.54, 1.807) is 0 Å². The van der Waals surface area contributed by atoms with Gasteiger partial charge in [-0.05, 0) is 38.1 Å². The van der Waals surface area contributed by atoms with Crippen molar-refractivity contribution in [2.24, 2.45) is 11.8 Å². The Kier molecular flexibility index (Phi) is 5.54. The SMILES string of the molecule is CCC(CC)CNC(C)C1CCCC1. The van der Waals surface area contributed by atoms with Crippen LogP contribution in [0.2, 0.25) is 0 Å². The minimum Gasteiger partial charge on any atom is -0.314 e. The van der Waals surface area contributed by atoms with Gasteiger partial charge in [0.15, 0.2) is 0 Å². The molecule has 1 rings (SSSR count). The highest BCUT2D eigenvalue weighted by molar-refractivity contribution is 4.77. The average molecular weight is 197 g/mol. The van der Waals surface area contributed by atoms with Gasteiger partial charge in [-0.3, -0.25) is 0 Å². The summed E-state index contributed by atoms with van der Waals surface area (Å²) in [5.74, 6) is 1.85. The third-order valence-electron chi connectivity index (χ3n) is 3.99. The highest BCUT2D eigenvalue weighted by Gasteiger charge is 2.21. The van der Waals surface area contributed by atoms with Crippen molar-refractivity contribution in [3.8, 4) is 0 Å². The normalized spacial score (nSPS) is 20.6. The van der Waals surface area contributed by atoms with Crippen molar-refractivity contribution in [2.75, 3.05) is 6.54 Å². The third kappa shape index (κ3) is 3.61. The van der Waals surface area contributed by atoms with Crippen LogP contribution in [0.1, 0.15) is 59.3 Å². The molecule has 14 heavy (non-hydrogen) atoms. The van der Waals surface area contributed by atoms with E-state index in [0.29, 0.717) is 0 Å². The summed E-state index contributed by atoms with van der Waals surface area (Å²) in [7, 11) is 0. The molecule has 0 aromatic heterocycles. The van der Waals surface area contributed by atoms with Gasteiger partial charge in [0.2, 0.25) is 0 Å². The molecule has 0 radical (unpaired) electrons. The predicted octanol–water partition coefficient (Wildman–Crippen LogP) is 3.59. The molecule has 1 atom stereocenters. The van der Waals surface area contributed by atoms with Crippen LogP contribution in [0.3, 0.4) is 0 Å². The van der Waals surface area contributed by atoms with Crippen LogP contribution >= 0.6 is 0 Å². The van der Waals surface area contributed by atoms with Crippen LogP contribution < -0.4 is 5.32 Å². The van der Waals surface area contributed by atoms with Gasteiger partial charge in [-0.2, -0.15) is 0 Å². The maximum absolute atomic E-state index is 3.73. The zero-order valence-electron chi connectivity index (χ0n) is 10.2. The van der Waals surface area contributed by atoms with Gasteiger partial charge in [-0.1, -0.05) is 39.5 Å². The Morgan fingerprint density at radius 1 is 1.14 bits per heavy atom. The largest absolute Gasteiger partial charge is 0.314 e. The molecule has 1 saturated carbocycles. The molecule has 1 heteroatoms. The smallest absolute Gasteiger partial charge is 0.00671 e. The second-order valence-corrected chi connectivity index (χ2v) is 4.92. The van der Waals surface area contributed by atoms with Crippen LogP contribution in [0.4, 0.5) is 0 Å². The maximum atomic E-state index is 3.73. The van der Waals surface area contributed by atoms with Crippen molar-refractivity contribution in [1.29, 1.82) is 0 Å². The fourth-order valence-corrected chi connectivity index (χ4v) is 2.55. The molecular formula is C13H27N. The van der Waals surface area contributed by atoms with Gasteiger partial charge >= 0.3 is 0 Å². The molecule has 0 heterocycles. The summed E-state index contributed by atoms with van der Waals surface area (Å²) >= 11 is 0. The van der Waals surface area contributed by atoms with Crippen LogP contribution in [0.15, 0.2) is 0 Å². The number of hydrogen-bond donors (Lipinski definition) is 1. The van der Waals surface area contributed by atoms with Crippen LogP contribution in [0.5, 0.6) is 0 Å². The Balaban J connectivity index is 2.15. The molecule has 0 aromatic rings. The summed E-state index contributed by atoms with van der Waals surface area (Å²) in [5.41, 5.74) is 0. The van der Waals surface area contributed by atoms with E-state index in [1.807, 2.05) is 0 Å². The average Bonchev–Trinajstić information content (AvgIpc) is 2.72. The Morgan fingerprint density at radius 3 is 2.21 bits per heavy atom. The van der Waals surface area contributed by atoms with E-state index in [9.17, 15) is 0 Å². The lowest BCUT2D eigenvalue weighted by molar-refractivity contribution is 0.343. The van der Waals surface area contributed by atoms with E-state index >= 15 is 0 Å². The first-order chi connectivity index (χ1) is 6.77. The number of nitrogens with one attached hydrogen (secondary N) is 1. The summed E-state index contributed by atoms with van der Waals surface area (Å²) in [5, 5.41) is 3.73. The Bertz CT molecular complexity index is 134. The van der Waals surface area contributed by atoms with Gasteiger partial charge in [0.05, 0.1) is 0 Å². The number of hydrogen-bond acceptors (Lipinski definition) is 1. The maximum Gasteiger partial charge on any atom is 0.00671 e. The highest BCUT2D eigenvalue weighted by Crippen LogP contribution is 2.27. The van der Waals surface area contributed by atoms with Crippen molar-refractivity contribution in [1.82, 2.24) is 5.32 Å². The molecule has 0 saturated heterocycles. The Labute approximate surface area is 89.7 Å². The molecule has 0 aromatic carbocycles. The predicted molar refractivity (Wildman–Crippen MR) is 63.5 cm³/mol. The standard InChI is InChI=1S/C13H27N/c1-4-12(5-2)10-14-11(3)13-8-6-7-9-13/h11-14H,4-10H2,1-3H3. The minimum atomic E-state index is 0.748. The van der Waals surface area contributed by atoms with Crippen LogP contribution in [0, 0.1) is 11.8 Å². The molecule has 1 nitrogen and oxygen atoms in total. The van der Waals surface area contributed by atoms with Gasteiger partial charge in [0.1, 0.15) is 0 Å². The van der Waals surface area contributed by atoms with Gasteiger partial charge < -0.3 is 5.32 Å². The van der Waals surface area contributed by atoms with E-state index in [4.69, 9.17) is 0 Å². The zero-order chi connectivity index (χ0) is 10.4. The van der Waals surface area contributed by atoms with E-state index in [1.165, 1.54) is 45.1 Å². The molecule has 1 aliphatic carbocycles. The molecule has 1 fully saturated rings. The van der Waals surface area contributed by atoms with Gasteiger partial charge in [-0.25, -0.2) is 0 Å². The quantitative estimate of drug-likeness (QED) is 0.686. The molecule has 0 spiro atoms. The molecule has 0 bridgehead atoms.